The molecule has 0 unspecified atom stereocenters. The summed E-state index contributed by atoms with van der Waals surface area (Å²) in [6, 6.07) is 8.00. The van der Waals surface area contributed by atoms with E-state index >= 15 is 0 Å². The number of hydrogen-bond acceptors (Lipinski definition) is 6. The second kappa shape index (κ2) is 6.49. The fraction of sp³-hybridized carbons (Fsp3) is 0.429. The SMILES string of the molecule is CN(CCN)c1nc(N(C)CCN)c2ccccc2n1. The maximum atomic E-state index is 5.64. The van der Waals surface area contributed by atoms with Crippen LogP contribution in [0.4, 0.5) is 11.8 Å². The van der Waals surface area contributed by atoms with Gasteiger partial charge in [-0.3, -0.25) is 0 Å². The molecular weight excluding hydrogens is 252 g/mol. The Morgan fingerprint density at radius 2 is 1.60 bits per heavy atom. The molecule has 2 rings (SSSR count). The lowest BCUT2D eigenvalue weighted by Crippen LogP contribution is -2.29. The zero-order valence-corrected chi connectivity index (χ0v) is 12.1. The molecule has 20 heavy (non-hydrogen) atoms. The average Bonchev–Trinajstić information content (AvgIpc) is 2.46. The minimum atomic E-state index is 0.570. The number of hydrogen-bond donors (Lipinski definition) is 2. The Balaban J connectivity index is 2.51. The van der Waals surface area contributed by atoms with Crippen molar-refractivity contribution < 1.29 is 0 Å². The lowest BCUT2D eigenvalue weighted by molar-refractivity contribution is 0.833. The Morgan fingerprint density at radius 3 is 2.30 bits per heavy atom. The minimum absolute atomic E-state index is 0.570. The Bertz CT molecular complexity index is 571. The van der Waals surface area contributed by atoms with Crippen LogP contribution < -0.4 is 21.3 Å². The number of likely N-dealkylation sites (N-methyl/N-ethyl adjacent to an activating group) is 2. The van der Waals surface area contributed by atoms with E-state index < -0.39 is 0 Å². The van der Waals surface area contributed by atoms with Gasteiger partial charge in [0.1, 0.15) is 5.82 Å². The van der Waals surface area contributed by atoms with E-state index in [4.69, 9.17) is 11.5 Å². The molecule has 0 saturated heterocycles. The van der Waals surface area contributed by atoms with Crippen molar-refractivity contribution in [2.45, 2.75) is 0 Å². The van der Waals surface area contributed by atoms with Crippen molar-refractivity contribution in [3.05, 3.63) is 24.3 Å². The van der Waals surface area contributed by atoms with E-state index in [1.165, 1.54) is 0 Å². The second-order valence-corrected chi connectivity index (χ2v) is 4.78. The van der Waals surface area contributed by atoms with Gasteiger partial charge in [-0.1, -0.05) is 12.1 Å². The summed E-state index contributed by atoms with van der Waals surface area (Å²) in [6.45, 7) is 2.63. The van der Waals surface area contributed by atoms with E-state index in [0.717, 1.165) is 29.8 Å². The van der Waals surface area contributed by atoms with Gasteiger partial charge in [0.25, 0.3) is 0 Å². The highest BCUT2D eigenvalue weighted by atomic mass is 15.3. The molecule has 4 N–H and O–H groups in total. The van der Waals surface area contributed by atoms with Crippen LogP contribution in [0.3, 0.4) is 0 Å². The standard InChI is InChI=1S/C14H22N6/c1-19(9-7-15)13-11-5-3-4-6-12(11)17-14(18-13)20(2)10-8-16/h3-6H,7-10,15-16H2,1-2H3. The van der Waals surface area contributed by atoms with Gasteiger partial charge >= 0.3 is 0 Å². The highest BCUT2D eigenvalue weighted by molar-refractivity contribution is 5.90. The molecule has 0 spiro atoms. The molecule has 0 bridgehead atoms. The summed E-state index contributed by atoms with van der Waals surface area (Å²) >= 11 is 0. The molecule has 1 aromatic carbocycles. The van der Waals surface area contributed by atoms with E-state index in [-0.39, 0.29) is 0 Å². The van der Waals surface area contributed by atoms with Crippen LogP contribution in [0.15, 0.2) is 24.3 Å². The number of nitrogens with two attached hydrogens (primary N) is 2. The van der Waals surface area contributed by atoms with E-state index in [1.807, 2.05) is 43.3 Å². The average molecular weight is 274 g/mol. The van der Waals surface area contributed by atoms with Gasteiger partial charge in [0, 0.05) is 45.7 Å². The zero-order valence-electron chi connectivity index (χ0n) is 12.1. The van der Waals surface area contributed by atoms with Gasteiger partial charge in [-0.05, 0) is 12.1 Å². The van der Waals surface area contributed by atoms with Crippen LogP contribution in [-0.4, -0.2) is 50.2 Å². The van der Waals surface area contributed by atoms with Crippen molar-refractivity contribution in [2.24, 2.45) is 11.5 Å². The highest BCUT2D eigenvalue weighted by Gasteiger charge is 2.13. The van der Waals surface area contributed by atoms with Crippen LogP contribution in [-0.2, 0) is 0 Å². The van der Waals surface area contributed by atoms with Crippen LogP contribution in [0.25, 0.3) is 10.9 Å². The number of benzene rings is 1. The molecular formula is C14H22N6. The fourth-order valence-electron chi connectivity index (χ4n) is 2.10. The molecule has 1 heterocycles. The Labute approximate surface area is 119 Å². The van der Waals surface area contributed by atoms with Crippen LogP contribution >= 0.6 is 0 Å². The zero-order chi connectivity index (χ0) is 14.5. The number of para-hydroxylation sites is 1. The Hall–Kier alpha value is -1.92. The maximum Gasteiger partial charge on any atom is 0.227 e. The number of rotatable bonds is 6. The monoisotopic (exact) mass is 274 g/mol. The summed E-state index contributed by atoms with van der Waals surface area (Å²) in [5.74, 6) is 1.59. The van der Waals surface area contributed by atoms with Gasteiger partial charge in [0.15, 0.2) is 0 Å². The van der Waals surface area contributed by atoms with Crippen molar-refractivity contribution >= 4 is 22.7 Å². The van der Waals surface area contributed by atoms with E-state index in [2.05, 4.69) is 14.9 Å². The first-order chi connectivity index (χ1) is 9.67. The summed E-state index contributed by atoms with van der Waals surface area (Å²) in [4.78, 5) is 13.3. The summed E-state index contributed by atoms with van der Waals surface area (Å²) in [5.41, 5.74) is 12.2. The van der Waals surface area contributed by atoms with Crippen LogP contribution in [0.5, 0.6) is 0 Å². The fourth-order valence-corrected chi connectivity index (χ4v) is 2.10. The molecule has 1 aromatic heterocycles. The smallest absolute Gasteiger partial charge is 0.227 e. The molecule has 108 valence electrons. The number of nitrogens with zero attached hydrogens (tertiary/aromatic N) is 4. The van der Waals surface area contributed by atoms with Crippen molar-refractivity contribution in [1.82, 2.24) is 9.97 Å². The van der Waals surface area contributed by atoms with Gasteiger partial charge in [0.05, 0.1) is 5.52 Å². The molecule has 0 radical (unpaired) electrons. The first kappa shape index (κ1) is 14.5. The molecule has 6 nitrogen and oxygen atoms in total. The van der Waals surface area contributed by atoms with Gasteiger partial charge in [-0.2, -0.15) is 4.98 Å². The van der Waals surface area contributed by atoms with Gasteiger partial charge < -0.3 is 21.3 Å². The van der Waals surface area contributed by atoms with Crippen LogP contribution in [0.2, 0.25) is 0 Å². The molecule has 6 heteroatoms. The normalized spacial score (nSPS) is 10.8. The van der Waals surface area contributed by atoms with E-state index in [9.17, 15) is 0 Å². The Kier molecular flexibility index (Phi) is 4.70. The molecule has 0 saturated carbocycles. The quantitative estimate of drug-likeness (QED) is 0.794. The van der Waals surface area contributed by atoms with Crippen molar-refractivity contribution in [3.63, 3.8) is 0 Å². The van der Waals surface area contributed by atoms with Crippen LogP contribution in [0, 0.1) is 0 Å². The van der Waals surface area contributed by atoms with Gasteiger partial charge in [-0.25, -0.2) is 4.98 Å². The van der Waals surface area contributed by atoms with Gasteiger partial charge in [0.2, 0.25) is 5.95 Å². The summed E-state index contributed by atoms with van der Waals surface area (Å²) in [5, 5.41) is 1.04. The molecule has 0 atom stereocenters. The first-order valence-electron chi connectivity index (χ1n) is 6.76. The second-order valence-electron chi connectivity index (χ2n) is 4.78. The minimum Gasteiger partial charge on any atom is -0.358 e. The van der Waals surface area contributed by atoms with Crippen LogP contribution in [0.1, 0.15) is 0 Å². The molecule has 0 aliphatic heterocycles. The Morgan fingerprint density at radius 1 is 0.950 bits per heavy atom. The first-order valence-corrected chi connectivity index (χ1v) is 6.76. The third-order valence-corrected chi connectivity index (χ3v) is 3.20. The molecule has 0 amide bonds. The van der Waals surface area contributed by atoms with Crippen molar-refractivity contribution in [1.29, 1.82) is 0 Å². The number of aromatic nitrogens is 2. The third-order valence-electron chi connectivity index (χ3n) is 3.20. The highest BCUT2D eigenvalue weighted by Crippen LogP contribution is 2.25. The number of anilines is 2. The number of fused-ring (bicyclic) bond motifs is 1. The largest absolute Gasteiger partial charge is 0.358 e. The predicted molar refractivity (Wildman–Crippen MR) is 84.2 cm³/mol. The lowest BCUT2D eigenvalue weighted by Gasteiger charge is -2.22. The maximum absolute atomic E-state index is 5.64. The third kappa shape index (κ3) is 2.97. The topological polar surface area (TPSA) is 84.3 Å². The van der Waals surface area contributed by atoms with E-state index in [0.29, 0.717) is 19.0 Å². The van der Waals surface area contributed by atoms with Crippen molar-refractivity contribution in [3.8, 4) is 0 Å². The van der Waals surface area contributed by atoms with Crippen molar-refractivity contribution in [2.75, 3.05) is 50.1 Å². The van der Waals surface area contributed by atoms with E-state index in [1.54, 1.807) is 0 Å². The lowest BCUT2D eigenvalue weighted by atomic mass is 10.2. The summed E-state index contributed by atoms with van der Waals surface area (Å²) in [6.07, 6.45) is 0. The molecule has 0 aliphatic rings. The van der Waals surface area contributed by atoms with Gasteiger partial charge in [-0.15, -0.1) is 0 Å². The molecule has 0 aliphatic carbocycles. The molecule has 2 aromatic rings. The predicted octanol–water partition coefficient (Wildman–Crippen LogP) is 0.420. The summed E-state index contributed by atoms with van der Waals surface area (Å²) < 4.78 is 0. The summed E-state index contributed by atoms with van der Waals surface area (Å²) in [7, 11) is 3.94. The molecule has 0 fully saturated rings.